The van der Waals surface area contributed by atoms with Crippen molar-refractivity contribution in [3.63, 3.8) is 0 Å². The van der Waals surface area contributed by atoms with Crippen LogP contribution in [0.5, 0.6) is 5.75 Å². The number of nitrogens with one attached hydrogen (secondary N) is 1. The van der Waals surface area contributed by atoms with E-state index < -0.39 is 23.8 Å². The predicted molar refractivity (Wildman–Crippen MR) is 76.4 cm³/mol. The summed E-state index contributed by atoms with van der Waals surface area (Å²) in [6.45, 7) is 2.89. The summed E-state index contributed by atoms with van der Waals surface area (Å²) < 4.78 is 5.24. The van der Waals surface area contributed by atoms with Crippen molar-refractivity contribution >= 4 is 35.1 Å². The zero-order chi connectivity index (χ0) is 15.3. The fourth-order valence-electron chi connectivity index (χ4n) is 1.40. The van der Waals surface area contributed by atoms with Crippen molar-refractivity contribution in [3.8, 4) is 5.75 Å². The van der Waals surface area contributed by atoms with Gasteiger partial charge in [-0.05, 0) is 32.0 Å². The first-order valence-corrected chi connectivity index (χ1v) is 6.66. The fourth-order valence-corrected chi connectivity index (χ4v) is 1.90. The zero-order valence-electron chi connectivity index (χ0n) is 11.0. The van der Waals surface area contributed by atoms with Crippen LogP contribution in [-0.2, 0) is 9.59 Å². The number of rotatable bonds is 6. The smallest absolute Gasteiger partial charge is 0.308 e. The van der Waals surface area contributed by atoms with E-state index in [2.05, 4.69) is 5.32 Å². The number of ether oxygens (including phenoxy) is 1. The molecule has 1 aromatic rings. The van der Waals surface area contributed by atoms with E-state index in [1.54, 1.807) is 13.0 Å². The van der Waals surface area contributed by atoms with Gasteiger partial charge in [-0.1, -0.05) is 23.2 Å². The molecule has 1 aromatic carbocycles. The Morgan fingerprint density at radius 3 is 2.30 bits per heavy atom. The molecular formula is C13H15Cl2NO4. The third-order valence-electron chi connectivity index (χ3n) is 2.73. The Balaban J connectivity index is 2.49. The highest BCUT2D eigenvalue weighted by atomic mass is 35.5. The lowest BCUT2D eigenvalue weighted by Gasteiger charge is -2.17. The maximum Gasteiger partial charge on any atom is 0.308 e. The molecule has 0 fully saturated rings. The Bertz CT molecular complexity index is 487. The van der Waals surface area contributed by atoms with Gasteiger partial charge in [0.05, 0.1) is 5.92 Å². The summed E-state index contributed by atoms with van der Waals surface area (Å²) >= 11 is 11.6. The molecule has 110 valence electrons. The van der Waals surface area contributed by atoms with Crippen molar-refractivity contribution in [2.24, 2.45) is 5.92 Å². The number of hydrogen-bond donors (Lipinski definition) is 2. The molecule has 0 aliphatic carbocycles. The van der Waals surface area contributed by atoms with Gasteiger partial charge in [0.2, 0.25) is 0 Å². The van der Waals surface area contributed by atoms with Crippen LogP contribution in [0, 0.1) is 5.92 Å². The maximum absolute atomic E-state index is 11.6. The average molecular weight is 320 g/mol. The molecule has 0 aliphatic rings. The number of halogens is 2. The van der Waals surface area contributed by atoms with Crippen LogP contribution < -0.4 is 10.1 Å². The number of carboxylic acid groups (broad SMARTS) is 1. The standard InChI is InChI=1S/C13H15Cl2NO4/c1-7(13(18)19)8(2)16-12(17)6-20-11-4-9(14)3-10(15)5-11/h3-5,7-8H,6H2,1-2H3,(H,16,17)(H,18,19). The first-order chi connectivity index (χ1) is 9.29. The third-order valence-corrected chi connectivity index (χ3v) is 3.17. The SMILES string of the molecule is CC(NC(=O)COc1cc(Cl)cc(Cl)c1)C(C)C(=O)O. The Hall–Kier alpha value is -1.46. The van der Waals surface area contributed by atoms with E-state index in [0.717, 1.165) is 0 Å². The highest BCUT2D eigenvalue weighted by Crippen LogP contribution is 2.24. The van der Waals surface area contributed by atoms with Gasteiger partial charge in [-0.2, -0.15) is 0 Å². The number of carbonyl (C=O) groups excluding carboxylic acids is 1. The molecular weight excluding hydrogens is 305 g/mol. The molecule has 0 heterocycles. The molecule has 0 aliphatic heterocycles. The van der Waals surface area contributed by atoms with Crippen LogP contribution in [0.15, 0.2) is 18.2 Å². The molecule has 1 rings (SSSR count). The lowest BCUT2D eigenvalue weighted by Crippen LogP contribution is -2.42. The average Bonchev–Trinajstić information content (AvgIpc) is 2.34. The quantitative estimate of drug-likeness (QED) is 0.845. The molecule has 0 aromatic heterocycles. The van der Waals surface area contributed by atoms with Crippen LogP contribution >= 0.6 is 23.2 Å². The van der Waals surface area contributed by atoms with Crippen molar-refractivity contribution in [1.82, 2.24) is 5.32 Å². The molecule has 0 saturated heterocycles. The molecule has 0 radical (unpaired) electrons. The van der Waals surface area contributed by atoms with Crippen LogP contribution in [0.4, 0.5) is 0 Å². The predicted octanol–water partition coefficient (Wildman–Crippen LogP) is 2.60. The van der Waals surface area contributed by atoms with Crippen molar-refractivity contribution in [1.29, 1.82) is 0 Å². The number of aliphatic carboxylic acids is 1. The minimum Gasteiger partial charge on any atom is -0.484 e. The largest absolute Gasteiger partial charge is 0.484 e. The van der Waals surface area contributed by atoms with Gasteiger partial charge in [-0.15, -0.1) is 0 Å². The van der Waals surface area contributed by atoms with Crippen LogP contribution in [0.3, 0.4) is 0 Å². The number of carbonyl (C=O) groups is 2. The summed E-state index contributed by atoms with van der Waals surface area (Å²) in [6.07, 6.45) is 0. The second-order valence-corrected chi connectivity index (χ2v) is 5.25. The van der Waals surface area contributed by atoms with Crippen molar-refractivity contribution in [2.45, 2.75) is 19.9 Å². The van der Waals surface area contributed by atoms with Crippen LogP contribution in [0.1, 0.15) is 13.8 Å². The first kappa shape index (κ1) is 16.6. The second-order valence-electron chi connectivity index (χ2n) is 4.38. The van der Waals surface area contributed by atoms with Crippen LogP contribution in [-0.4, -0.2) is 29.6 Å². The first-order valence-electron chi connectivity index (χ1n) is 5.90. The van der Waals surface area contributed by atoms with E-state index in [1.807, 2.05) is 0 Å². The molecule has 0 spiro atoms. The summed E-state index contributed by atoms with van der Waals surface area (Å²) in [5.74, 6) is -1.70. The van der Waals surface area contributed by atoms with Gasteiger partial charge in [0.1, 0.15) is 5.75 Å². The molecule has 2 atom stereocenters. The minimum atomic E-state index is -0.972. The Morgan fingerprint density at radius 1 is 1.25 bits per heavy atom. The third kappa shape index (κ3) is 5.27. The minimum absolute atomic E-state index is 0.243. The number of amides is 1. The van der Waals surface area contributed by atoms with Crippen LogP contribution in [0.2, 0.25) is 10.0 Å². The summed E-state index contributed by atoms with van der Waals surface area (Å²) in [7, 11) is 0. The summed E-state index contributed by atoms with van der Waals surface area (Å²) in [4.78, 5) is 22.4. The monoisotopic (exact) mass is 319 g/mol. The van der Waals surface area contributed by atoms with Gasteiger partial charge in [-0.25, -0.2) is 0 Å². The molecule has 0 saturated carbocycles. The van der Waals surface area contributed by atoms with E-state index in [1.165, 1.54) is 19.1 Å². The Morgan fingerprint density at radius 2 is 1.80 bits per heavy atom. The summed E-state index contributed by atoms with van der Waals surface area (Å²) in [5, 5.41) is 12.2. The van der Waals surface area contributed by atoms with E-state index in [4.69, 9.17) is 33.0 Å². The van der Waals surface area contributed by atoms with Crippen molar-refractivity contribution < 1.29 is 19.4 Å². The molecule has 20 heavy (non-hydrogen) atoms. The highest BCUT2D eigenvalue weighted by Gasteiger charge is 2.21. The Labute approximate surface area is 126 Å². The molecule has 5 nitrogen and oxygen atoms in total. The van der Waals surface area contributed by atoms with Gasteiger partial charge in [0.15, 0.2) is 6.61 Å². The highest BCUT2D eigenvalue weighted by molar-refractivity contribution is 6.34. The molecule has 0 bridgehead atoms. The van der Waals surface area contributed by atoms with E-state index >= 15 is 0 Å². The van der Waals surface area contributed by atoms with E-state index in [9.17, 15) is 9.59 Å². The summed E-state index contributed by atoms with van der Waals surface area (Å²) in [5.41, 5.74) is 0. The van der Waals surface area contributed by atoms with Gasteiger partial charge >= 0.3 is 5.97 Å². The second kappa shape index (κ2) is 7.36. The zero-order valence-corrected chi connectivity index (χ0v) is 12.5. The van der Waals surface area contributed by atoms with Crippen molar-refractivity contribution in [2.75, 3.05) is 6.61 Å². The molecule has 1 amide bonds. The number of hydrogen-bond acceptors (Lipinski definition) is 3. The lowest BCUT2D eigenvalue weighted by molar-refractivity contribution is -0.142. The molecule has 2 unspecified atom stereocenters. The van der Waals surface area contributed by atoms with E-state index in [-0.39, 0.29) is 6.61 Å². The van der Waals surface area contributed by atoms with Crippen molar-refractivity contribution in [3.05, 3.63) is 28.2 Å². The van der Waals surface area contributed by atoms with Gasteiger partial charge in [-0.3, -0.25) is 9.59 Å². The molecule has 7 heteroatoms. The van der Waals surface area contributed by atoms with Gasteiger partial charge in [0.25, 0.3) is 5.91 Å². The van der Waals surface area contributed by atoms with Gasteiger partial charge in [0, 0.05) is 16.1 Å². The number of carboxylic acids is 1. The summed E-state index contributed by atoms with van der Waals surface area (Å²) in [6, 6.07) is 4.12. The maximum atomic E-state index is 11.6. The van der Waals surface area contributed by atoms with Crippen LogP contribution in [0.25, 0.3) is 0 Å². The van der Waals surface area contributed by atoms with Gasteiger partial charge < -0.3 is 15.2 Å². The number of benzene rings is 1. The van der Waals surface area contributed by atoms with E-state index in [0.29, 0.717) is 15.8 Å². The fraction of sp³-hybridized carbons (Fsp3) is 0.385. The lowest BCUT2D eigenvalue weighted by atomic mass is 10.0. The Kier molecular flexibility index (Phi) is 6.10. The normalized spacial score (nSPS) is 13.4. The molecule has 2 N–H and O–H groups in total. The topological polar surface area (TPSA) is 75.6 Å².